The fourth-order valence-electron chi connectivity index (χ4n) is 2.62. The van der Waals surface area contributed by atoms with Crippen molar-refractivity contribution in [1.82, 2.24) is 9.78 Å². The molecule has 1 N–H and O–H groups in total. The number of hydrogen-bond acceptors (Lipinski definition) is 5. The van der Waals surface area contributed by atoms with Crippen LogP contribution in [0.4, 0.5) is 11.4 Å². The molecule has 1 heterocycles. The lowest BCUT2D eigenvalue weighted by molar-refractivity contribution is -0.384. The Bertz CT molecular complexity index is 1060. The molecule has 8 nitrogen and oxygen atoms in total. The van der Waals surface area contributed by atoms with Gasteiger partial charge in [-0.05, 0) is 53.6 Å². The second-order valence-electron chi connectivity index (χ2n) is 6.26. The molecule has 0 aliphatic heterocycles. The average molecular weight is 492 g/mol. The Labute approximate surface area is 174 Å². The number of hydrogen-bond donors (Lipinski definition) is 1. The molecule has 3 aromatic rings. The van der Waals surface area contributed by atoms with Crippen molar-refractivity contribution >= 4 is 39.9 Å². The Morgan fingerprint density at radius 3 is 2.64 bits per heavy atom. The van der Waals surface area contributed by atoms with Gasteiger partial charge in [0, 0.05) is 19.2 Å². The average Bonchev–Trinajstić information content (AvgIpc) is 2.96. The van der Waals surface area contributed by atoms with E-state index in [0.29, 0.717) is 15.0 Å². The predicted octanol–water partition coefficient (Wildman–Crippen LogP) is 4.59. The number of nitro benzene ring substituents is 1. The zero-order valence-corrected chi connectivity index (χ0v) is 17.6. The van der Waals surface area contributed by atoms with Crippen LogP contribution in [0.5, 0.6) is 11.5 Å². The lowest BCUT2D eigenvalue weighted by Crippen LogP contribution is -2.17. The minimum atomic E-state index is -0.528. The Balaban J connectivity index is 1.95. The first-order valence-corrected chi connectivity index (χ1v) is 9.36. The van der Waals surface area contributed by atoms with Gasteiger partial charge in [-0.2, -0.15) is 5.10 Å². The molecule has 0 aliphatic carbocycles. The summed E-state index contributed by atoms with van der Waals surface area (Å²) in [5, 5.41) is 18.0. The van der Waals surface area contributed by atoms with Crippen molar-refractivity contribution in [3.05, 3.63) is 73.1 Å². The highest BCUT2D eigenvalue weighted by atomic mass is 127. The van der Waals surface area contributed by atoms with E-state index in [2.05, 4.69) is 10.4 Å². The molecule has 0 bridgehead atoms. The number of benzene rings is 2. The summed E-state index contributed by atoms with van der Waals surface area (Å²) >= 11 is 2.01. The standard InChI is InChI=1S/C19H17IN4O4/c1-11-4-5-12(2)17(6-11)28-15-8-13(7-14(9-15)24(26)27)22-19(25)18-16(20)10-21-23(18)3/h4-10H,1-3H3,(H,22,25). The largest absolute Gasteiger partial charge is 0.457 e. The number of aromatic nitrogens is 2. The summed E-state index contributed by atoms with van der Waals surface area (Å²) in [5.41, 5.74) is 2.34. The van der Waals surface area contributed by atoms with E-state index < -0.39 is 10.8 Å². The molecule has 0 saturated heterocycles. The molecule has 0 spiro atoms. The molecule has 3 rings (SSSR count). The predicted molar refractivity (Wildman–Crippen MR) is 113 cm³/mol. The van der Waals surface area contributed by atoms with Crippen LogP contribution >= 0.6 is 22.6 Å². The third-order valence-corrected chi connectivity index (χ3v) is 4.83. The van der Waals surface area contributed by atoms with Crippen molar-refractivity contribution in [3.63, 3.8) is 0 Å². The van der Waals surface area contributed by atoms with Crippen molar-refractivity contribution in [1.29, 1.82) is 0 Å². The number of anilines is 1. The van der Waals surface area contributed by atoms with Crippen molar-refractivity contribution in [2.24, 2.45) is 7.05 Å². The van der Waals surface area contributed by atoms with Gasteiger partial charge in [-0.15, -0.1) is 0 Å². The number of non-ortho nitro benzene ring substituents is 1. The SMILES string of the molecule is Cc1ccc(C)c(Oc2cc(NC(=O)c3c(I)cnn3C)cc([N+](=O)[O-])c2)c1. The van der Waals surface area contributed by atoms with Crippen LogP contribution in [0.25, 0.3) is 0 Å². The van der Waals surface area contributed by atoms with Crippen LogP contribution in [0.3, 0.4) is 0 Å². The summed E-state index contributed by atoms with van der Waals surface area (Å²) in [6.07, 6.45) is 1.57. The summed E-state index contributed by atoms with van der Waals surface area (Å²) < 4.78 is 7.99. The van der Waals surface area contributed by atoms with E-state index in [-0.39, 0.29) is 17.1 Å². The van der Waals surface area contributed by atoms with Gasteiger partial charge in [-0.25, -0.2) is 0 Å². The van der Waals surface area contributed by atoms with Gasteiger partial charge >= 0.3 is 0 Å². The van der Waals surface area contributed by atoms with E-state index in [1.54, 1.807) is 19.3 Å². The minimum Gasteiger partial charge on any atom is -0.457 e. The summed E-state index contributed by atoms with van der Waals surface area (Å²) in [5.74, 6) is 0.444. The zero-order valence-electron chi connectivity index (χ0n) is 15.4. The van der Waals surface area contributed by atoms with Gasteiger partial charge in [0.1, 0.15) is 17.2 Å². The first-order chi connectivity index (χ1) is 13.2. The van der Waals surface area contributed by atoms with Gasteiger partial charge in [0.2, 0.25) is 0 Å². The Hall–Kier alpha value is -2.95. The number of carbonyl (C=O) groups is 1. The third kappa shape index (κ3) is 4.30. The summed E-state index contributed by atoms with van der Waals surface area (Å²) in [6, 6.07) is 9.88. The number of rotatable bonds is 5. The van der Waals surface area contributed by atoms with Crippen molar-refractivity contribution in [2.45, 2.75) is 13.8 Å². The van der Waals surface area contributed by atoms with E-state index in [9.17, 15) is 14.9 Å². The summed E-state index contributed by atoms with van der Waals surface area (Å²) in [4.78, 5) is 23.4. The number of amides is 1. The number of halogens is 1. The monoisotopic (exact) mass is 492 g/mol. The zero-order chi connectivity index (χ0) is 20.4. The summed E-state index contributed by atoms with van der Waals surface area (Å²) in [6.45, 7) is 3.82. The van der Waals surface area contributed by atoms with Crippen LogP contribution in [0, 0.1) is 27.5 Å². The molecule has 9 heteroatoms. The highest BCUT2D eigenvalue weighted by molar-refractivity contribution is 14.1. The highest BCUT2D eigenvalue weighted by Crippen LogP contribution is 2.32. The van der Waals surface area contributed by atoms with Crippen molar-refractivity contribution < 1.29 is 14.5 Å². The Kier molecular flexibility index (Phi) is 5.63. The van der Waals surface area contributed by atoms with Crippen LogP contribution in [-0.2, 0) is 7.05 Å². The molecule has 2 aromatic carbocycles. The fourth-order valence-corrected chi connectivity index (χ4v) is 3.34. The number of carbonyl (C=O) groups excluding carboxylic acids is 1. The van der Waals surface area contributed by atoms with Crippen LogP contribution < -0.4 is 10.1 Å². The number of nitrogens with one attached hydrogen (secondary N) is 1. The lowest BCUT2D eigenvalue weighted by atomic mass is 10.1. The first-order valence-electron chi connectivity index (χ1n) is 8.28. The molecule has 0 saturated carbocycles. The molecule has 0 unspecified atom stereocenters. The van der Waals surface area contributed by atoms with Gasteiger partial charge < -0.3 is 10.1 Å². The van der Waals surface area contributed by atoms with E-state index in [1.165, 1.54) is 16.8 Å². The molecular formula is C19H17IN4O4. The second-order valence-corrected chi connectivity index (χ2v) is 7.42. The van der Waals surface area contributed by atoms with Crippen LogP contribution in [-0.4, -0.2) is 20.6 Å². The Morgan fingerprint density at radius 2 is 2.00 bits per heavy atom. The molecule has 0 fully saturated rings. The van der Waals surface area contributed by atoms with Crippen molar-refractivity contribution in [3.8, 4) is 11.5 Å². The van der Waals surface area contributed by atoms with Gasteiger partial charge in [-0.3, -0.25) is 19.6 Å². The number of nitrogens with zero attached hydrogens (tertiary/aromatic N) is 3. The van der Waals surface area contributed by atoms with Crippen molar-refractivity contribution in [2.75, 3.05) is 5.32 Å². The van der Waals surface area contributed by atoms with Gasteiger partial charge in [0.15, 0.2) is 0 Å². The van der Waals surface area contributed by atoms with Crippen LogP contribution in [0.2, 0.25) is 0 Å². The number of nitro groups is 1. The molecule has 1 amide bonds. The summed E-state index contributed by atoms with van der Waals surface area (Å²) in [7, 11) is 1.65. The van der Waals surface area contributed by atoms with E-state index in [1.807, 2.05) is 54.6 Å². The maximum atomic E-state index is 12.6. The van der Waals surface area contributed by atoms with Gasteiger partial charge in [0.05, 0.1) is 26.4 Å². The van der Waals surface area contributed by atoms with Gasteiger partial charge in [0.25, 0.3) is 11.6 Å². The molecule has 144 valence electrons. The van der Waals surface area contributed by atoms with Gasteiger partial charge in [-0.1, -0.05) is 12.1 Å². The molecule has 0 radical (unpaired) electrons. The van der Waals surface area contributed by atoms with Crippen LogP contribution in [0.1, 0.15) is 21.6 Å². The minimum absolute atomic E-state index is 0.183. The maximum absolute atomic E-state index is 12.6. The third-order valence-electron chi connectivity index (χ3n) is 4.04. The van der Waals surface area contributed by atoms with Crippen LogP contribution in [0.15, 0.2) is 42.6 Å². The van der Waals surface area contributed by atoms with E-state index in [4.69, 9.17) is 4.74 Å². The first kappa shape index (κ1) is 19.8. The fraction of sp³-hybridized carbons (Fsp3) is 0.158. The molecule has 28 heavy (non-hydrogen) atoms. The quantitative estimate of drug-likeness (QED) is 0.319. The highest BCUT2D eigenvalue weighted by Gasteiger charge is 2.18. The molecular weight excluding hydrogens is 475 g/mol. The van der Waals surface area contributed by atoms with E-state index >= 15 is 0 Å². The smallest absolute Gasteiger partial charge is 0.275 e. The molecule has 0 atom stereocenters. The lowest BCUT2D eigenvalue weighted by Gasteiger charge is -2.12. The maximum Gasteiger partial charge on any atom is 0.275 e. The molecule has 0 aliphatic rings. The number of aryl methyl sites for hydroxylation is 3. The second kappa shape index (κ2) is 7.97. The normalized spacial score (nSPS) is 10.6. The Morgan fingerprint density at radius 1 is 1.25 bits per heavy atom. The molecule has 1 aromatic heterocycles. The number of ether oxygens (including phenoxy) is 1. The topological polar surface area (TPSA) is 99.3 Å². The van der Waals surface area contributed by atoms with E-state index in [0.717, 1.165) is 11.1 Å².